The van der Waals surface area contributed by atoms with Crippen molar-refractivity contribution in [2.45, 2.75) is 31.8 Å². The Morgan fingerprint density at radius 1 is 1.38 bits per heavy atom. The van der Waals surface area contributed by atoms with Crippen LogP contribution in [0.4, 0.5) is 5.69 Å². The summed E-state index contributed by atoms with van der Waals surface area (Å²) in [6.07, 6.45) is 4.38. The Bertz CT molecular complexity index is 702. The van der Waals surface area contributed by atoms with Gasteiger partial charge in [0, 0.05) is 28.9 Å². The van der Waals surface area contributed by atoms with Crippen LogP contribution in [0, 0.1) is 0 Å². The lowest BCUT2D eigenvalue weighted by atomic mass is 10.1. The van der Waals surface area contributed by atoms with E-state index in [0.717, 1.165) is 23.4 Å². The quantitative estimate of drug-likeness (QED) is 0.776. The lowest BCUT2D eigenvalue weighted by Crippen LogP contribution is -2.45. The molecule has 1 fully saturated rings. The summed E-state index contributed by atoms with van der Waals surface area (Å²) in [5.74, 6) is -0.321. The molecular formula is C17H20N4O2S. The van der Waals surface area contributed by atoms with E-state index in [9.17, 15) is 9.59 Å². The van der Waals surface area contributed by atoms with Crippen molar-refractivity contribution in [1.29, 1.82) is 0 Å². The minimum absolute atomic E-state index is 0.0969. The maximum atomic E-state index is 12.4. The zero-order chi connectivity index (χ0) is 16.8. The van der Waals surface area contributed by atoms with Gasteiger partial charge in [-0.3, -0.25) is 14.6 Å². The zero-order valence-corrected chi connectivity index (χ0v) is 14.1. The fourth-order valence-electron chi connectivity index (χ4n) is 2.61. The average Bonchev–Trinajstić information content (AvgIpc) is 3.04. The topological polar surface area (TPSA) is 83.1 Å². The Morgan fingerprint density at radius 3 is 3.12 bits per heavy atom. The van der Waals surface area contributed by atoms with Crippen LogP contribution in [0.1, 0.15) is 34.5 Å². The van der Waals surface area contributed by atoms with Crippen LogP contribution in [-0.4, -0.2) is 29.4 Å². The summed E-state index contributed by atoms with van der Waals surface area (Å²) in [4.78, 5) is 29.5. The fraction of sp³-hybridized carbons (Fsp3) is 0.353. The molecule has 3 N–H and O–H groups in total. The maximum absolute atomic E-state index is 12.4. The number of thiazole rings is 1. The lowest BCUT2D eigenvalue weighted by Gasteiger charge is -2.15. The highest BCUT2D eigenvalue weighted by atomic mass is 32.1. The molecule has 2 heterocycles. The smallest absolute Gasteiger partial charge is 0.252 e. The third kappa shape index (κ3) is 4.32. The van der Waals surface area contributed by atoms with Gasteiger partial charge in [-0.05, 0) is 37.5 Å². The molecule has 0 radical (unpaired) electrons. The summed E-state index contributed by atoms with van der Waals surface area (Å²) in [5, 5.41) is 8.94. The normalized spacial score (nSPS) is 17.7. The first-order valence-electron chi connectivity index (χ1n) is 8.02. The highest BCUT2D eigenvalue weighted by Crippen LogP contribution is 2.14. The minimum atomic E-state index is -0.450. The summed E-state index contributed by atoms with van der Waals surface area (Å²) < 4.78 is 0. The summed E-state index contributed by atoms with van der Waals surface area (Å²) in [7, 11) is 0. The molecule has 1 unspecified atom stereocenters. The summed E-state index contributed by atoms with van der Waals surface area (Å²) >= 11 is 1.58. The molecule has 0 aliphatic carbocycles. The molecule has 24 heavy (non-hydrogen) atoms. The van der Waals surface area contributed by atoms with Crippen molar-refractivity contribution in [3.05, 3.63) is 46.4 Å². The molecule has 0 saturated carbocycles. The minimum Gasteiger partial charge on any atom is -0.380 e. The maximum Gasteiger partial charge on any atom is 0.252 e. The van der Waals surface area contributed by atoms with Crippen LogP contribution in [0.3, 0.4) is 0 Å². The largest absolute Gasteiger partial charge is 0.380 e. The first-order valence-corrected chi connectivity index (χ1v) is 8.90. The molecule has 2 aromatic rings. The van der Waals surface area contributed by atoms with Crippen molar-refractivity contribution in [3.8, 4) is 0 Å². The molecule has 3 rings (SSSR count). The number of amides is 2. The predicted molar refractivity (Wildman–Crippen MR) is 94.0 cm³/mol. The number of hydrogen-bond donors (Lipinski definition) is 3. The molecule has 2 amide bonds. The number of carbonyl (C=O) groups excluding carboxylic acids is 2. The number of aromatic nitrogens is 1. The Balaban J connectivity index is 1.62. The van der Waals surface area contributed by atoms with Gasteiger partial charge in [0.1, 0.15) is 6.04 Å². The van der Waals surface area contributed by atoms with E-state index in [-0.39, 0.29) is 11.8 Å². The van der Waals surface area contributed by atoms with Crippen LogP contribution in [0.2, 0.25) is 0 Å². The molecule has 1 aliphatic heterocycles. The standard InChI is InChI=1S/C17H20N4O2S/c22-16(21-15-6-1-2-7-19-17(15)23)12-4-3-5-13(8-12)20-10-14-9-18-11-24-14/h3-5,8-9,11,15,20H,1-2,6-7,10H2,(H,19,23)(H,21,22). The monoisotopic (exact) mass is 344 g/mol. The number of nitrogens with one attached hydrogen (secondary N) is 3. The summed E-state index contributed by atoms with van der Waals surface area (Å²) in [5.41, 5.74) is 3.20. The summed E-state index contributed by atoms with van der Waals surface area (Å²) in [6.45, 7) is 1.35. The fourth-order valence-corrected chi connectivity index (χ4v) is 3.14. The molecule has 126 valence electrons. The van der Waals surface area contributed by atoms with Gasteiger partial charge in [-0.15, -0.1) is 11.3 Å². The Hall–Kier alpha value is -2.41. The van der Waals surface area contributed by atoms with Gasteiger partial charge in [0.15, 0.2) is 0 Å². The van der Waals surface area contributed by atoms with Crippen LogP contribution < -0.4 is 16.0 Å². The van der Waals surface area contributed by atoms with E-state index in [1.165, 1.54) is 0 Å². The van der Waals surface area contributed by atoms with Gasteiger partial charge in [0.05, 0.1) is 12.1 Å². The average molecular weight is 344 g/mol. The Labute approximate surface area is 144 Å². The summed E-state index contributed by atoms with van der Waals surface area (Å²) in [6, 6.07) is 6.84. The highest BCUT2D eigenvalue weighted by molar-refractivity contribution is 7.09. The predicted octanol–water partition coefficient (Wildman–Crippen LogP) is 2.15. The van der Waals surface area contributed by atoms with E-state index < -0.39 is 6.04 Å². The first-order chi connectivity index (χ1) is 11.7. The second-order valence-corrected chi connectivity index (χ2v) is 6.69. The molecule has 7 heteroatoms. The molecule has 1 aromatic carbocycles. The number of carbonyl (C=O) groups is 2. The SMILES string of the molecule is O=C(NC1CCCCNC1=O)c1cccc(NCc2cncs2)c1. The van der Waals surface area contributed by atoms with Gasteiger partial charge in [-0.1, -0.05) is 6.07 Å². The number of anilines is 1. The van der Waals surface area contributed by atoms with E-state index >= 15 is 0 Å². The molecule has 0 spiro atoms. The molecular weight excluding hydrogens is 324 g/mol. The highest BCUT2D eigenvalue weighted by Gasteiger charge is 2.22. The molecule has 6 nitrogen and oxygen atoms in total. The van der Waals surface area contributed by atoms with Crippen molar-refractivity contribution in [1.82, 2.24) is 15.6 Å². The molecule has 1 aliphatic rings. The van der Waals surface area contributed by atoms with Crippen LogP contribution in [0.25, 0.3) is 0 Å². The van der Waals surface area contributed by atoms with E-state index in [4.69, 9.17) is 0 Å². The third-order valence-corrected chi connectivity index (χ3v) is 4.70. The molecule has 1 aromatic heterocycles. The van der Waals surface area contributed by atoms with Crippen molar-refractivity contribution in [3.63, 3.8) is 0 Å². The third-order valence-electron chi connectivity index (χ3n) is 3.92. The number of benzene rings is 1. The molecule has 1 saturated heterocycles. The van der Waals surface area contributed by atoms with Crippen LogP contribution >= 0.6 is 11.3 Å². The van der Waals surface area contributed by atoms with E-state index in [0.29, 0.717) is 25.1 Å². The second-order valence-electron chi connectivity index (χ2n) is 5.71. The van der Waals surface area contributed by atoms with Gasteiger partial charge in [-0.2, -0.15) is 0 Å². The van der Waals surface area contributed by atoms with Gasteiger partial charge < -0.3 is 16.0 Å². The van der Waals surface area contributed by atoms with Crippen molar-refractivity contribution in [2.75, 3.05) is 11.9 Å². The van der Waals surface area contributed by atoms with Gasteiger partial charge in [0.2, 0.25) is 5.91 Å². The zero-order valence-electron chi connectivity index (χ0n) is 13.2. The van der Waals surface area contributed by atoms with E-state index in [1.807, 2.05) is 18.3 Å². The van der Waals surface area contributed by atoms with Crippen molar-refractivity contribution in [2.24, 2.45) is 0 Å². The number of nitrogens with zero attached hydrogens (tertiary/aromatic N) is 1. The van der Waals surface area contributed by atoms with Gasteiger partial charge in [-0.25, -0.2) is 0 Å². The molecule has 0 bridgehead atoms. The second kappa shape index (κ2) is 7.92. The van der Waals surface area contributed by atoms with Crippen molar-refractivity contribution < 1.29 is 9.59 Å². The number of rotatable bonds is 5. The first kappa shape index (κ1) is 16.4. The molecule has 1 atom stereocenters. The number of hydrogen-bond acceptors (Lipinski definition) is 5. The van der Waals surface area contributed by atoms with E-state index in [2.05, 4.69) is 20.9 Å². The van der Waals surface area contributed by atoms with Crippen LogP contribution in [0.15, 0.2) is 36.0 Å². The Kier molecular flexibility index (Phi) is 5.43. The van der Waals surface area contributed by atoms with Crippen LogP contribution in [0.5, 0.6) is 0 Å². The van der Waals surface area contributed by atoms with E-state index in [1.54, 1.807) is 29.0 Å². The van der Waals surface area contributed by atoms with Crippen molar-refractivity contribution >= 4 is 28.8 Å². The van der Waals surface area contributed by atoms with Gasteiger partial charge in [0.25, 0.3) is 5.91 Å². The van der Waals surface area contributed by atoms with Gasteiger partial charge >= 0.3 is 0 Å². The van der Waals surface area contributed by atoms with Crippen LogP contribution in [-0.2, 0) is 11.3 Å². The lowest BCUT2D eigenvalue weighted by molar-refractivity contribution is -0.122. The Morgan fingerprint density at radius 2 is 2.29 bits per heavy atom.